The molecule has 0 saturated heterocycles. The van der Waals surface area contributed by atoms with Gasteiger partial charge in [0.1, 0.15) is 12.1 Å². The van der Waals surface area contributed by atoms with Crippen LogP contribution in [0.4, 0.5) is 5.69 Å². The third-order valence-electron chi connectivity index (χ3n) is 3.62. The molecule has 0 aliphatic rings. The first-order valence-corrected chi connectivity index (χ1v) is 8.08. The molecule has 10 nitrogen and oxygen atoms in total. The van der Waals surface area contributed by atoms with Gasteiger partial charge in [0.2, 0.25) is 11.7 Å². The standard InChI is InChI=1S/C16H10ClN7O3/c17-11-6-7-12(13(8-11)24(25)26)16-20-18-14(27-16)9-23-21-15(19-22-23)10-4-2-1-3-5-10/h1-8H,9H2. The number of hydrogen-bond donors (Lipinski definition) is 0. The minimum atomic E-state index is -0.559. The summed E-state index contributed by atoms with van der Waals surface area (Å²) in [5, 5.41) is 31.4. The molecule has 0 fully saturated rings. The van der Waals surface area contributed by atoms with Crippen LogP contribution in [-0.4, -0.2) is 35.3 Å². The summed E-state index contributed by atoms with van der Waals surface area (Å²) >= 11 is 5.82. The van der Waals surface area contributed by atoms with E-state index < -0.39 is 4.92 Å². The highest BCUT2D eigenvalue weighted by molar-refractivity contribution is 6.30. The molecule has 2 heterocycles. The molecule has 0 spiro atoms. The van der Waals surface area contributed by atoms with E-state index in [4.69, 9.17) is 16.0 Å². The molecule has 4 rings (SSSR count). The molecule has 0 saturated carbocycles. The van der Waals surface area contributed by atoms with E-state index in [0.29, 0.717) is 5.82 Å². The van der Waals surface area contributed by atoms with Gasteiger partial charge in [-0.05, 0) is 17.3 Å². The molecule has 2 aromatic carbocycles. The molecule has 0 aliphatic carbocycles. The lowest BCUT2D eigenvalue weighted by atomic mass is 10.2. The smallest absolute Gasteiger partial charge is 0.283 e. The number of aromatic nitrogens is 6. The normalized spacial score (nSPS) is 10.9. The Morgan fingerprint density at radius 3 is 2.70 bits per heavy atom. The summed E-state index contributed by atoms with van der Waals surface area (Å²) < 4.78 is 5.52. The first-order chi connectivity index (χ1) is 13.1. The third kappa shape index (κ3) is 3.51. The molecule has 0 radical (unpaired) electrons. The summed E-state index contributed by atoms with van der Waals surface area (Å²) in [6.07, 6.45) is 0. The number of benzene rings is 2. The van der Waals surface area contributed by atoms with Gasteiger partial charge in [-0.1, -0.05) is 41.9 Å². The lowest BCUT2D eigenvalue weighted by molar-refractivity contribution is -0.384. The van der Waals surface area contributed by atoms with Crippen molar-refractivity contribution in [2.75, 3.05) is 0 Å². The zero-order valence-corrected chi connectivity index (χ0v) is 14.3. The van der Waals surface area contributed by atoms with E-state index in [-0.39, 0.29) is 34.6 Å². The predicted molar refractivity (Wildman–Crippen MR) is 93.8 cm³/mol. The fourth-order valence-corrected chi connectivity index (χ4v) is 2.56. The second-order valence-electron chi connectivity index (χ2n) is 5.43. The lowest BCUT2D eigenvalue weighted by Gasteiger charge is -1.98. The number of nitro benzene ring substituents is 1. The minimum Gasteiger partial charge on any atom is -0.418 e. The van der Waals surface area contributed by atoms with E-state index in [2.05, 4.69) is 25.6 Å². The Bertz CT molecular complexity index is 1110. The third-order valence-corrected chi connectivity index (χ3v) is 3.85. The first kappa shape index (κ1) is 16.8. The largest absolute Gasteiger partial charge is 0.418 e. The van der Waals surface area contributed by atoms with Crippen molar-refractivity contribution in [1.82, 2.24) is 30.4 Å². The van der Waals surface area contributed by atoms with Crippen LogP contribution in [0.3, 0.4) is 0 Å². The van der Waals surface area contributed by atoms with Crippen LogP contribution in [-0.2, 0) is 6.54 Å². The molecule has 0 unspecified atom stereocenters. The van der Waals surface area contributed by atoms with Crippen LogP contribution in [0.15, 0.2) is 52.9 Å². The molecule has 27 heavy (non-hydrogen) atoms. The zero-order chi connectivity index (χ0) is 18.8. The molecule has 0 bridgehead atoms. The maximum absolute atomic E-state index is 11.2. The van der Waals surface area contributed by atoms with E-state index in [9.17, 15) is 10.1 Å². The van der Waals surface area contributed by atoms with E-state index in [1.165, 1.54) is 23.0 Å². The molecule has 0 N–H and O–H groups in total. The Kier molecular flexibility index (Phi) is 4.30. The van der Waals surface area contributed by atoms with E-state index in [1.54, 1.807) is 0 Å². The molecule has 2 aromatic heterocycles. The fraction of sp³-hybridized carbons (Fsp3) is 0.0625. The molecular weight excluding hydrogens is 374 g/mol. The SMILES string of the molecule is O=[N+]([O-])c1cc(Cl)ccc1-c1nnc(Cn2nnc(-c3ccccc3)n2)o1. The van der Waals surface area contributed by atoms with Crippen LogP contribution in [0.1, 0.15) is 5.89 Å². The predicted octanol–water partition coefficient (Wildman–Crippen LogP) is 3.00. The van der Waals surface area contributed by atoms with Gasteiger partial charge in [-0.2, -0.15) is 4.80 Å². The highest BCUT2D eigenvalue weighted by atomic mass is 35.5. The van der Waals surface area contributed by atoms with Gasteiger partial charge in [0.15, 0.2) is 0 Å². The highest BCUT2D eigenvalue weighted by Gasteiger charge is 2.21. The van der Waals surface area contributed by atoms with Crippen molar-refractivity contribution in [2.45, 2.75) is 6.54 Å². The average molecular weight is 384 g/mol. The maximum atomic E-state index is 11.2. The van der Waals surface area contributed by atoms with Crippen LogP contribution in [0.25, 0.3) is 22.8 Å². The Morgan fingerprint density at radius 2 is 1.93 bits per heavy atom. The lowest BCUT2D eigenvalue weighted by Crippen LogP contribution is -2.04. The van der Waals surface area contributed by atoms with Gasteiger partial charge in [-0.25, -0.2) is 0 Å². The Hall–Kier alpha value is -3.66. The van der Waals surface area contributed by atoms with Crippen molar-refractivity contribution in [3.05, 3.63) is 69.6 Å². The Labute approximate surface area is 156 Å². The number of hydrogen-bond acceptors (Lipinski definition) is 8. The summed E-state index contributed by atoms with van der Waals surface area (Å²) in [7, 11) is 0. The summed E-state index contributed by atoms with van der Waals surface area (Å²) in [6, 6.07) is 13.6. The van der Waals surface area contributed by atoms with E-state index in [0.717, 1.165) is 5.56 Å². The van der Waals surface area contributed by atoms with Gasteiger partial charge >= 0.3 is 0 Å². The number of halogens is 1. The molecule has 4 aromatic rings. The summed E-state index contributed by atoms with van der Waals surface area (Å²) in [6.45, 7) is 0.0776. The Balaban J connectivity index is 1.58. The van der Waals surface area contributed by atoms with Gasteiger partial charge in [0, 0.05) is 16.7 Å². The maximum Gasteiger partial charge on any atom is 0.283 e. The quantitative estimate of drug-likeness (QED) is 0.380. The van der Waals surface area contributed by atoms with Crippen molar-refractivity contribution in [1.29, 1.82) is 0 Å². The van der Waals surface area contributed by atoms with Crippen molar-refractivity contribution in [3.8, 4) is 22.8 Å². The van der Waals surface area contributed by atoms with Crippen molar-refractivity contribution in [2.24, 2.45) is 0 Å². The zero-order valence-electron chi connectivity index (χ0n) is 13.6. The van der Waals surface area contributed by atoms with Crippen molar-refractivity contribution < 1.29 is 9.34 Å². The van der Waals surface area contributed by atoms with Crippen LogP contribution >= 0.6 is 11.6 Å². The van der Waals surface area contributed by atoms with Gasteiger partial charge < -0.3 is 4.42 Å². The second kappa shape index (κ2) is 6.92. The number of rotatable bonds is 5. The second-order valence-corrected chi connectivity index (χ2v) is 5.87. The topological polar surface area (TPSA) is 126 Å². The van der Waals surface area contributed by atoms with Crippen molar-refractivity contribution >= 4 is 17.3 Å². The Morgan fingerprint density at radius 1 is 1.11 bits per heavy atom. The van der Waals surface area contributed by atoms with Gasteiger partial charge in [-0.15, -0.1) is 20.4 Å². The molecule has 134 valence electrons. The minimum absolute atomic E-state index is 0.0109. The van der Waals surface area contributed by atoms with Crippen LogP contribution in [0.2, 0.25) is 5.02 Å². The number of tetrazole rings is 1. The summed E-state index contributed by atoms with van der Waals surface area (Å²) in [5.74, 6) is 0.659. The molecule has 0 aliphatic heterocycles. The van der Waals surface area contributed by atoms with E-state index >= 15 is 0 Å². The molecule has 0 atom stereocenters. The van der Waals surface area contributed by atoms with Crippen LogP contribution in [0.5, 0.6) is 0 Å². The van der Waals surface area contributed by atoms with Crippen LogP contribution in [0, 0.1) is 10.1 Å². The fourth-order valence-electron chi connectivity index (χ4n) is 2.40. The summed E-state index contributed by atoms with van der Waals surface area (Å²) in [4.78, 5) is 11.9. The molecular formula is C16H10ClN7O3. The average Bonchev–Trinajstić information content (AvgIpc) is 3.32. The first-order valence-electron chi connectivity index (χ1n) is 7.70. The highest BCUT2D eigenvalue weighted by Crippen LogP contribution is 2.31. The molecule has 0 amide bonds. The van der Waals surface area contributed by atoms with Gasteiger partial charge in [-0.3, -0.25) is 10.1 Å². The van der Waals surface area contributed by atoms with Crippen LogP contribution < -0.4 is 0 Å². The van der Waals surface area contributed by atoms with E-state index in [1.807, 2.05) is 30.3 Å². The summed E-state index contributed by atoms with van der Waals surface area (Å²) in [5.41, 5.74) is 0.786. The van der Waals surface area contributed by atoms with Gasteiger partial charge in [0.25, 0.3) is 11.6 Å². The number of nitro groups is 1. The van der Waals surface area contributed by atoms with Gasteiger partial charge in [0.05, 0.1) is 4.92 Å². The molecule has 11 heteroatoms. The van der Waals surface area contributed by atoms with Crippen molar-refractivity contribution in [3.63, 3.8) is 0 Å². The number of nitrogens with zero attached hydrogens (tertiary/aromatic N) is 7. The monoisotopic (exact) mass is 383 g/mol.